The lowest BCUT2D eigenvalue weighted by Crippen LogP contribution is -2.24. The highest BCUT2D eigenvalue weighted by molar-refractivity contribution is 5.87. The van der Waals surface area contributed by atoms with Gasteiger partial charge in [0.15, 0.2) is 11.2 Å². The van der Waals surface area contributed by atoms with E-state index in [1.165, 1.54) is 7.05 Å². The average Bonchev–Trinajstić information content (AvgIpc) is 2.27. The van der Waals surface area contributed by atoms with Crippen molar-refractivity contribution in [1.82, 2.24) is 19.9 Å². The lowest BCUT2D eigenvalue weighted by atomic mass is 10.4. The molecule has 0 radical (unpaired) electrons. The molecule has 2 rings (SSSR count). The van der Waals surface area contributed by atoms with Crippen LogP contribution in [0.25, 0.3) is 11.2 Å². The van der Waals surface area contributed by atoms with E-state index in [1.54, 1.807) is 0 Å². The Morgan fingerprint density at radius 3 is 2.53 bits per heavy atom. The van der Waals surface area contributed by atoms with Gasteiger partial charge in [-0.05, 0) is 0 Å². The Bertz CT molecular complexity index is 716. The minimum Gasteiger partial charge on any atom is -0.476 e. The van der Waals surface area contributed by atoms with E-state index in [2.05, 4.69) is 25.3 Å². The highest BCUT2D eigenvalue weighted by Gasteiger charge is 2.14. The number of aromatic carboxylic acids is 1. The normalized spacial score (nSPS) is 10.4. The van der Waals surface area contributed by atoms with Gasteiger partial charge >= 0.3 is 5.97 Å². The molecule has 9 nitrogen and oxygen atoms in total. The molecule has 4 N–H and O–H groups in total. The second-order valence-electron chi connectivity index (χ2n) is 3.08. The molecule has 0 bridgehead atoms. The van der Waals surface area contributed by atoms with E-state index in [1.807, 2.05) is 0 Å². The Kier molecular flexibility index (Phi) is 2.35. The summed E-state index contributed by atoms with van der Waals surface area (Å²) in [5.41, 5.74) is -2.61. The summed E-state index contributed by atoms with van der Waals surface area (Å²) in [6.07, 6.45) is 0. The lowest BCUT2D eigenvalue weighted by molar-refractivity contribution is 0.0689. The molecule has 2 heterocycles. The van der Waals surface area contributed by atoms with Gasteiger partial charge in [-0.1, -0.05) is 0 Å². The first-order chi connectivity index (χ1) is 8.02. The maximum atomic E-state index is 11.5. The number of fused-ring (bicyclic) bond motifs is 1. The van der Waals surface area contributed by atoms with Crippen LogP contribution in [0.4, 0.5) is 5.95 Å². The number of hydrogen-bond acceptors (Lipinski definition) is 6. The summed E-state index contributed by atoms with van der Waals surface area (Å²) >= 11 is 0. The van der Waals surface area contributed by atoms with Gasteiger partial charge in [-0.25, -0.2) is 9.78 Å². The van der Waals surface area contributed by atoms with E-state index >= 15 is 0 Å². The number of nitrogens with zero attached hydrogens (tertiary/aromatic N) is 2. The van der Waals surface area contributed by atoms with Gasteiger partial charge in [0.25, 0.3) is 11.1 Å². The Hall–Kier alpha value is -2.71. The number of nitrogens with one attached hydrogen (secondary N) is 3. The van der Waals surface area contributed by atoms with Crippen LogP contribution in [0.2, 0.25) is 0 Å². The van der Waals surface area contributed by atoms with E-state index in [-0.39, 0.29) is 17.1 Å². The Morgan fingerprint density at radius 1 is 1.24 bits per heavy atom. The standard InChI is InChI=1S/C8H7N5O4/c1-9-8-12-4-2(5(14)13-8)10-3(7(16)17)6(15)11-4/h1H3,(H,16,17)(H3,9,11,12,13,14,15). The Morgan fingerprint density at radius 2 is 1.94 bits per heavy atom. The van der Waals surface area contributed by atoms with Crippen molar-refractivity contribution >= 4 is 23.1 Å². The van der Waals surface area contributed by atoms with Crippen LogP contribution < -0.4 is 16.4 Å². The molecule has 88 valence electrons. The third-order valence-electron chi connectivity index (χ3n) is 2.00. The van der Waals surface area contributed by atoms with Gasteiger partial charge < -0.3 is 15.4 Å². The van der Waals surface area contributed by atoms with Crippen LogP contribution in [0.1, 0.15) is 10.5 Å². The van der Waals surface area contributed by atoms with Gasteiger partial charge in [-0.2, -0.15) is 4.98 Å². The predicted octanol–water partition coefficient (Wildman–Crippen LogP) is -1.25. The molecule has 0 atom stereocenters. The number of hydrogen-bond donors (Lipinski definition) is 4. The number of carboxylic acid groups (broad SMARTS) is 1. The van der Waals surface area contributed by atoms with Gasteiger partial charge in [-0.15, -0.1) is 0 Å². The molecule has 0 spiro atoms. The number of rotatable bonds is 2. The topological polar surface area (TPSA) is 141 Å². The summed E-state index contributed by atoms with van der Waals surface area (Å²) in [6.45, 7) is 0. The predicted molar refractivity (Wildman–Crippen MR) is 57.3 cm³/mol. The Balaban J connectivity index is 2.88. The molecule has 0 aliphatic heterocycles. The molecule has 0 amide bonds. The second kappa shape index (κ2) is 3.70. The summed E-state index contributed by atoms with van der Waals surface area (Å²) in [5, 5.41) is 11.3. The smallest absolute Gasteiger partial charge is 0.360 e. The van der Waals surface area contributed by atoms with Gasteiger partial charge in [0, 0.05) is 7.05 Å². The van der Waals surface area contributed by atoms with Crippen molar-refractivity contribution in [3.63, 3.8) is 0 Å². The van der Waals surface area contributed by atoms with Gasteiger partial charge in [0.2, 0.25) is 11.6 Å². The minimum atomic E-state index is -1.51. The molecule has 0 aliphatic carbocycles. The molecule has 0 saturated heterocycles. The third kappa shape index (κ3) is 1.73. The number of aromatic nitrogens is 4. The van der Waals surface area contributed by atoms with Gasteiger partial charge in [0.1, 0.15) is 0 Å². The van der Waals surface area contributed by atoms with Crippen LogP contribution >= 0.6 is 0 Å². The molecule has 2 aromatic rings. The monoisotopic (exact) mass is 237 g/mol. The summed E-state index contributed by atoms with van der Waals surface area (Å²) in [7, 11) is 1.53. The van der Waals surface area contributed by atoms with Crippen LogP contribution in [0.5, 0.6) is 0 Å². The van der Waals surface area contributed by atoms with E-state index in [4.69, 9.17) is 5.11 Å². The summed E-state index contributed by atoms with van der Waals surface area (Å²) < 4.78 is 0. The fourth-order valence-corrected chi connectivity index (χ4v) is 1.25. The summed E-state index contributed by atoms with van der Waals surface area (Å²) in [6, 6.07) is 0. The molecule has 0 unspecified atom stereocenters. The third-order valence-corrected chi connectivity index (χ3v) is 2.00. The first kappa shape index (κ1) is 10.8. The number of aromatic amines is 2. The number of carboxylic acids is 1. The molecule has 0 aromatic carbocycles. The highest BCUT2D eigenvalue weighted by atomic mass is 16.4. The van der Waals surface area contributed by atoms with Gasteiger partial charge in [0.05, 0.1) is 0 Å². The fourth-order valence-electron chi connectivity index (χ4n) is 1.25. The second-order valence-corrected chi connectivity index (χ2v) is 3.08. The van der Waals surface area contributed by atoms with Gasteiger partial charge in [-0.3, -0.25) is 14.6 Å². The van der Waals surface area contributed by atoms with Crippen LogP contribution in [0.3, 0.4) is 0 Å². The first-order valence-electron chi connectivity index (χ1n) is 4.48. The largest absolute Gasteiger partial charge is 0.476 e. The van der Waals surface area contributed by atoms with Crippen LogP contribution in [0.15, 0.2) is 9.59 Å². The molecule has 2 aromatic heterocycles. The van der Waals surface area contributed by atoms with E-state index in [0.29, 0.717) is 0 Å². The molecular formula is C8H7N5O4. The quantitative estimate of drug-likeness (QED) is 0.511. The first-order valence-corrected chi connectivity index (χ1v) is 4.48. The van der Waals surface area contributed by atoms with Crippen LogP contribution in [0, 0.1) is 0 Å². The van der Waals surface area contributed by atoms with Crippen molar-refractivity contribution in [2.24, 2.45) is 0 Å². The number of anilines is 1. The van der Waals surface area contributed by atoms with Crippen molar-refractivity contribution in [2.75, 3.05) is 12.4 Å². The molecule has 0 saturated carbocycles. The molecule has 9 heteroatoms. The Labute approximate surface area is 92.6 Å². The maximum Gasteiger partial charge on any atom is 0.360 e. The minimum absolute atomic E-state index is 0.0758. The van der Waals surface area contributed by atoms with E-state index in [9.17, 15) is 14.4 Å². The van der Waals surface area contributed by atoms with Crippen molar-refractivity contribution in [2.45, 2.75) is 0 Å². The zero-order valence-corrected chi connectivity index (χ0v) is 8.57. The summed E-state index contributed by atoms with van der Waals surface area (Å²) in [4.78, 5) is 45.3. The van der Waals surface area contributed by atoms with Crippen molar-refractivity contribution < 1.29 is 9.90 Å². The van der Waals surface area contributed by atoms with Crippen LogP contribution in [-0.2, 0) is 0 Å². The fraction of sp³-hybridized carbons (Fsp3) is 0.125. The SMILES string of the molecule is CNc1nc2[nH]c(=O)c(C(=O)O)nc2c(=O)[nH]1. The van der Waals surface area contributed by atoms with Crippen LogP contribution in [-0.4, -0.2) is 38.1 Å². The molecular weight excluding hydrogens is 230 g/mol. The van der Waals surface area contributed by atoms with Crippen molar-refractivity contribution in [1.29, 1.82) is 0 Å². The van der Waals surface area contributed by atoms with Crippen molar-refractivity contribution in [3.8, 4) is 0 Å². The highest BCUT2D eigenvalue weighted by Crippen LogP contribution is 2.01. The average molecular weight is 237 g/mol. The molecule has 17 heavy (non-hydrogen) atoms. The zero-order chi connectivity index (χ0) is 12.6. The molecule has 0 aliphatic rings. The van der Waals surface area contributed by atoms with E-state index < -0.39 is 22.8 Å². The maximum absolute atomic E-state index is 11.5. The van der Waals surface area contributed by atoms with E-state index in [0.717, 1.165) is 0 Å². The lowest BCUT2D eigenvalue weighted by Gasteiger charge is -2.01. The number of carbonyl (C=O) groups is 1. The summed E-state index contributed by atoms with van der Waals surface area (Å²) in [5.74, 6) is -1.37. The number of H-pyrrole nitrogens is 2. The van der Waals surface area contributed by atoms with Crippen molar-refractivity contribution in [3.05, 3.63) is 26.4 Å². The molecule has 0 fully saturated rings. The zero-order valence-electron chi connectivity index (χ0n) is 8.57.